The van der Waals surface area contributed by atoms with Crippen LogP contribution in [-0.2, 0) is 11.3 Å². The first-order valence-corrected chi connectivity index (χ1v) is 6.16. The summed E-state index contributed by atoms with van der Waals surface area (Å²) in [5.41, 5.74) is 0.575. The fourth-order valence-electron chi connectivity index (χ4n) is 1.81. The molecule has 0 bridgehead atoms. The molecule has 0 spiro atoms. The number of carbonyl (C=O) groups excluding carboxylic acids is 1. The number of hydrogen-bond donors (Lipinski definition) is 2. The van der Waals surface area contributed by atoms with Crippen molar-refractivity contribution in [3.05, 3.63) is 34.3 Å². The van der Waals surface area contributed by atoms with Crippen LogP contribution in [0.15, 0.2) is 27.4 Å². The van der Waals surface area contributed by atoms with Crippen LogP contribution in [0.3, 0.4) is 0 Å². The van der Waals surface area contributed by atoms with Crippen LogP contribution in [0.4, 0.5) is 0 Å². The van der Waals surface area contributed by atoms with Gasteiger partial charge < -0.3 is 14.8 Å². The first-order valence-electron chi connectivity index (χ1n) is 6.16. The molecule has 2 aromatic rings. The molecule has 0 aliphatic heterocycles. The van der Waals surface area contributed by atoms with Gasteiger partial charge in [0.2, 0.25) is 5.91 Å². The summed E-state index contributed by atoms with van der Waals surface area (Å²) < 4.78 is 6.09. The van der Waals surface area contributed by atoms with E-state index in [0.717, 1.165) is 11.0 Å². The lowest BCUT2D eigenvalue weighted by molar-refractivity contribution is -0.121. The van der Waals surface area contributed by atoms with Crippen molar-refractivity contribution in [1.82, 2.24) is 9.88 Å². The first kappa shape index (κ1) is 13.9. The standard InChI is InChI=1S/C13H14N2O5/c1-2-5-14-11(16)7-15-9-6-8(12(17)18)3-4-10(9)20-13(15)19/h3-4,6H,2,5,7H2,1H3,(H,14,16)(H,17,18). The Balaban J connectivity index is 2.38. The highest BCUT2D eigenvalue weighted by atomic mass is 16.4. The fraction of sp³-hybridized carbons (Fsp3) is 0.308. The summed E-state index contributed by atoms with van der Waals surface area (Å²) in [4.78, 5) is 34.3. The number of nitrogens with zero attached hydrogens (tertiary/aromatic N) is 1. The van der Waals surface area contributed by atoms with Crippen LogP contribution < -0.4 is 11.1 Å². The normalized spacial score (nSPS) is 10.7. The molecule has 0 radical (unpaired) electrons. The number of carboxylic acids is 1. The van der Waals surface area contributed by atoms with Gasteiger partial charge in [-0.25, -0.2) is 9.59 Å². The molecule has 7 heteroatoms. The summed E-state index contributed by atoms with van der Waals surface area (Å²) in [5, 5.41) is 11.6. The molecular weight excluding hydrogens is 264 g/mol. The number of hydrogen-bond acceptors (Lipinski definition) is 4. The maximum absolute atomic E-state index is 11.7. The third-order valence-corrected chi connectivity index (χ3v) is 2.79. The van der Waals surface area contributed by atoms with E-state index in [2.05, 4.69) is 5.32 Å². The Hall–Kier alpha value is -2.57. The predicted octanol–water partition coefficient (Wildman–Crippen LogP) is 0.819. The number of carboxylic acid groups (broad SMARTS) is 1. The molecule has 1 aromatic carbocycles. The van der Waals surface area contributed by atoms with Gasteiger partial charge in [-0.15, -0.1) is 0 Å². The molecule has 1 amide bonds. The molecule has 1 heterocycles. The maximum Gasteiger partial charge on any atom is 0.420 e. The van der Waals surface area contributed by atoms with Gasteiger partial charge in [0, 0.05) is 6.54 Å². The zero-order chi connectivity index (χ0) is 14.7. The van der Waals surface area contributed by atoms with Crippen LogP contribution >= 0.6 is 0 Å². The topological polar surface area (TPSA) is 102 Å². The van der Waals surface area contributed by atoms with Gasteiger partial charge in [0.05, 0.1) is 11.1 Å². The number of aromatic nitrogens is 1. The second kappa shape index (κ2) is 5.60. The Morgan fingerprint density at radius 1 is 1.40 bits per heavy atom. The first-order chi connectivity index (χ1) is 9.52. The lowest BCUT2D eigenvalue weighted by Crippen LogP contribution is -2.31. The zero-order valence-corrected chi connectivity index (χ0v) is 10.9. The summed E-state index contributed by atoms with van der Waals surface area (Å²) in [5.74, 6) is -2.12. The average molecular weight is 278 g/mol. The van der Waals surface area contributed by atoms with Crippen molar-refractivity contribution in [1.29, 1.82) is 0 Å². The lowest BCUT2D eigenvalue weighted by atomic mass is 10.2. The van der Waals surface area contributed by atoms with E-state index < -0.39 is 11.7 Å². The van der Waals surface area contributed by atoms with Crippen molar-refractivity contribution in [2.75, 3.05) is 6.54 Å². The highest BCUT2D eigenvalue weighted by Gasteiger charge is 2.14. The van der Waals surface area contributed by atoms with Gasteiger partial charge in [0.15, 0.2) is 5.58 Å². The molecule has 0 saturated carbocycles. The molecule has 2 rings (SSSR count). The third-order valence-electron chi connectivity index (χ3n) is 2.79. The molecule has 0 aliphatic rings. The Kier molecular flexibility index (Phi) is 3.88. The van der Waals surface area contributed by atoms with Gasteiger partial charge in [-0.3, -0.25) is 9.36 Å². The van der Waals surface area contributed by atoms with E-state index in [4.69, 9.17) is 9.52 Å². The van der Waals surface area contributed by atoms with Gasteiger partial charge >= 0.3 is 11.7 Å². The quantitative estimate of drug-likeness (QED) is 0.843. The molecule has 0 aliphatic carbocycles. The van der Waals surface area contributed by atoms with Crippen molar-refractivity contribution in [2.24, 2.45) is 0 Å². The summed E-state index contributed by atoms with van der Waals surface area (Å²) in [6, 6.07) is 4.06. The van der Waals surface area contributed by atoms with Gasteiger partial charge in [0.25, 0.3) is 0 Å². The van der Waals surface area contributed by atoms with Crippen molar-refractivity contribution in [3.63, 3.8) is 0 Å². The minimum Gasteiger partial charge on any atom is -0.478 e. The van der Waals surface area contributed by atoms with Crippen molar-refractivity contribution in [2.45, 2.75) is 19.9 Å². The molecule has 0 unspecified atom stereocenters. The third kappa shape index (κ3) is 2.71. The molecule has 7 nitrogen and oxygen atoms in total. The SMILES string of the molecule is CCCNC(=O)Cn1c(=O)oc2ccc(C(=O)O)cc21. The Morgan fingerprint density at radius 3 is 2.80 bits per heavy atom. The molecule has 20 heavy (non-hydrogen) atoms. The Labute approximate surface area is 113 Å². The highest BCUT2D eigenvalue weighted by Crippen LogP contribution is 2.15. The van der Waals surface area contributed by atoms with Crippen molar-refractivity contribution >= 4 is 23.0 Å². The molecule has 0 atom stereocenters. The monoisotopic (exact) mass is 278 g/mol. The van der Waals surface area contributed by atoms with E-state index in [1.807, 2.05) is 6.92 Å². The van der Waals surface area contributed by atoms with E-state index in [1.165, 1.54) is 18.2 Å². The number of carbonyl (C=O) groups is 2. The van der Waals surface area contributed by atoms with E-state index in [0.29, 0.717) is 12.1 Å². The number of oxazole rings is 1. The molecular formula is C13H14N2O5. The van der Waals surface area contributed by atoms with Gasteiger partial charge in [0.1, 0.15) is 6.54 Å². The van der Waals surface area contributed by atoms with Crippen LogP contribution in [0.2, 0.25) is 0 Å². The van der Waals surface area contributed by atoms with Gasteiger partial charge in [-0.2, -0.15) is 0 Å². The lowest BCUT2D eigenvalue weighted by Gasteiger charge is -2.04. The van der Waals surface area contributed by atoms with Crippen LogP contribution in [0.5, 0.6) is 0 Å². The summed E-state index contributed by atoms with van der Waals surface area (Å²) in [6.45, 7) is 2.23. The van der Waals surface area contributed by atoms with E-state index in [-0.39, 0.29) is 23.6 Å². The van der Waals surface area contributed by atoms with Crippen molar-refractivity contribution < 1.29 is 19.1 Å². The molecule has 0 saturated heterocycles. The predicted molar refractivity (Wildman–Crippen MR) is 70.7 cm³/mol. The Bertz CT molecular complexity index is 713. The second-order valence-electron chi connectivity index (χ2n) is 4.29. The number of fused-ring (bicyclic) bond motifs is 1. The molecule has 106 valence electrons. The van der Waals surface area contributed by atoms with Crippen LogP contribution in [0, 0.1) is 0 Å². The van der Waals surface area contributed by atoms with Crippen molar-refractivity contribution in [3.8, 4) is 0 Å². The van der Waals surface area contributed by atoms with E-state index in [9.17, 15) is 14.4 Å². The van der Waals surface area contributed by atoms with Gasteiger partial charge in [-0.05, 0) is 24.6 Å². The number of aromatic carboxylic acids is 1. The highest BCUT2D eigenvalue weighted by molar-refractivity contribution is 5.92. The number of rotatable bonds is 5. The van der Waals surface area contributed by atoms with E-state index >= 15 is 0 Å². The van der Waals surface area contributed by atoms with Crippen LogP contribution in [-0.4, -0.2) is 28.1 Å². The zero-order valence-electron chi connectivity index (χ0n) is 10.9. The molecule has 0 fully saturated rings. The van der Waals surface area contributed by atoms with Crippen LogP contribution in [0.25, 0.3) is 11.1 Å². The second-order valence-corrected chi connectivity index (χ2v) is 4.29. The van der Waals surface area contributed by atoms with Gasteiger partial charge in [-0.1, -0.05) is 6.92 Å². The number of amides is 1. The maximum atomic E-state index is 11.7. The smallest absolute Gasteiger partial charge is 0.420 e. The summed E-state index contributed by atoms with van der Waals surface area (Å²) in [6.07, 6.45) is 0.788. The number of benzene rings is 1. The minimum atomic E-state index is -1.11. The average Bonchev–Trinajstić information content (AvgIpc) is 2.72. The summed E-state index contributed by atoms with van der Waals surface area (Å²) >= 11 is 0. The number of nitrogens with one attached hydrogen (secondary N) is 1. The molecule has 1 aromatic heterocycles. The molecule has 2 N–H and O–H groups in total. The summed E-state index contributed by atoms with van der Waals surface area (Å²) in [7, 11) is 0. The minimum absolute atomic E-state index is 0.0287. The van der Waals surface area contributed by atoms with E-state index in [1.54, 1.807) is 0 Å². The largest absolute Gasteiger partial charge is 0.478 e. The fourth-order valence-corrected chi connectivity index (χ4v) is 1.81. The van der Waals surface area contributed by atoms with Crippen LogP contribution in [0.1, 0.15) is 23.7 Å². The Morgan fingerprint density at radius 2 is 2.15 bits per heavy atom.